The topological polar surface area (TPSA) is 49.7 Å². The maximum Gasteiger partial charge on any atom is 0.354 e. The van der Waals surface area contributed by atoms with Crippen LogP contribution in [0.5, 0.6) is 0 Å². The van der Waals surface area contributed by atoms with Crippen LogP contribution >= 0.6 is 23.4 Å². The second kappa shape index (κ2) is 5.76. The van der Waals surface area contributed by atoms with Crippen LogP contribution < -0.4 is 0 Å². The first-order valence-electron chi connectivity index (χ1n) is 6.20. The number of aliphatic carboxylic acids is 1. The molecule has 0 bridgehead atoms. The molecule has 0 spiro atoms. The molecule has 2 aromatic rings. The Bertz CT molecular complexity index is 766. The number of fused-ring (bicyclic) bond motifs is 1. The van der Waals surface area contributed by atoms with E-state index < -0.39 is 5.97 Å². The van der Waals surface area contributed by atoms with E-state index in [4.69, 9.17) is 11.6 Å². The minimum atomic E-state index is -1.04. The van der Waals surface area contributed by atoms with Crippen molar-refractivity contribution in [3.63, 3.8) is 0 Å². The molecule has 0 amide bonds. The summed E-state index contributed by atoms with van der Waals surface area (Å²) < 4.78 is 0. The van der Waals surface area contributed by atoms with Gasteiger partial charge in [0.05, 0.1) is 5.69 Å². The van der Waals surface area contributed by atoms with Crippen LogP contribution in [0.2, 0.25) is 5.02 Å². The lowest BCUT2D eigenvalue weighted by atomic mass is 10.2. The smallest absolute Gasteiger partial charge is 0.354 e. The molecule has 0 aliphatic carbocycles. The predicted octanol–water partition coefficient (Wildman–Crippen LogP) is 4.64. The van der Waals surface area contributed by atoms with Gasteiger partial charge in [0.25, 0.3) is 0 Å². The molecule has 2 aromatic carbocycles. The van der Waals surface area contributed by atoms with E-state index in [-0.39, 0.29) is 5.71 Å². The number of carboxylic acids is 1. The van der Waals surface area contributed by atoms with Crippen molar-refractivity contribution in [2.45, 2.75) is 4.90 Å². The highest BCUT2D eigenvalue weighted by molar-refractivity contribution is 8.08. The molecule has 1 aliphatic rings. The molecule has 0 saturated heterocycles. The van der Waals surface area contributed by atoms with Crippen molar-refractivity contribution in [1.29, 1.82) is 0 Å². The van der Waals surface area contributed by atoms with Gasteiger partial charge in [-0.25, -0.2) is 9.79 Å². The molecule has 0 atom stereocenters. The average Bonchev–Trinajstić information content (AvgIpc) is 2.67. The van der Waals surface area contributed by atoms with Crippen molar-refractivity contribution < 1.29 is 9.90 Å². The first kappa shape index (κ1) is 13.9. The summed E-state index contributed by atoms with van der Waals surface area (Å²) in [7, 11) is 0. The third-order valence-corrected chi connectivity index (χ3v) is 4.33. The van der Waals surface area contributed by atoms with E-state index in [9.17, 15) is 9.90 Å². The SMILES string of the molecule is O=C(O)C1=Nc2ccccc2SC(c2ccc(Cl)cc2)=C1. The van der Waals surface area contributed by atoms with Gasteiger partial charge < -0.3 is 5.11 Å². The molecule has 21 heavy (non-hydrogen) atoms. The van der Waals surface area contributed by atoms with E-state index in [1.807, 2.05) is 36.4 Å². The largest absolute Gasteiger partial charge is 0.477 e. The van der Waals surface area contributed by atoms with Crippen LogP contribution in [0.25, 0.3) is 4.91 Å². The fourth-order valence-corrected chi connectivity index (χ4v) is 3.09. The number of halogens is 1. The van der Waals surface area contributed by atoms with Crippen molar-refractivity contribution in [1.82, 2.24) is 0 Å². The minimum absolute atomic E-state index is 0.0254. The molecule has 1 N–H and O–H groups in total. The number of nitrogens with zero attached hydrogens (tertiary/aromatic N) is 1. The van der Waals surface area contributed by atoms with Gasteiger partial charge >= 0.3 is 5.97 Å². The minimum Gasteiger partial charge on any atom is -0.477 e. The zero-order valence-electron chi connectivity index (χ0n) is 10.8. The van der Waals surface area contributed by atoms with Crippen LogP contribution in [-0.4, -0.2) is 16.8 Å². The van der Waals surface area contributed by atoms with Gasteiger partial charge in [0.1, 0.15) is 5.71 Å². The van der Waals surface area contributed by atoms with Gasteiger partial charge in [0.2, 0.25) is 0 Å². The van der Waals surface area contributed by atoms with Crippen LogP contribution in [0.15, 0.2) is 64.5 Å². The van der Waals surface area contributed by atoms with Crippen molar-refractivity contribution in [3.8, 4) is 0 Å². The summed E-state index contributed by atoms with van der Waals surface area (Å²) in [5.41, 5.74) is 1.60. The first-order chi connectivity index (χ1) is 10.1. The number of hydrogen-bond donors (Lipinski definition) is 1. The van der Waals surface area contributed by atoms with Crippen LogP contribution in [0.1, 0.15) is 5.56 Å². The standard InChI is InChI=1S/C16H10ClNO2S/c17-11-7-5-10(6-8-11)15-9-13(16(19)20)18-12-3-1-2-4-14(12)21-15/h1-9H,(H,19,20). The molecule has 0 unspecified atom stereocenters. The zero-order chi connectivity index (χ0) is 14.8. The Labute approximate surface area is 131 Å². The van der Waals surface area contributed by atoms with Gasteiger partial charge in [-0.2, -0.15) is 0 Å². The number of carbonyl (C=O) groups is 1. The Hall–Kier alpha value is -2.04. The normalized spacial score (nSPS) is 13.8. The lowest BCUT2D eigenvalue weighted by Gasteiger charge is -2.07. The number of para-hydroxylation sites is 1. The van der Waals surface area contributed by atoms with Gasteiger partial charge in [0, 0.05) is 14.8 Å². The molecule has 1 heterocycles. The molecule has 0 radical (unpaired) electrons. The maximum atomic E-state index is 11.3. The van der Waals surface area contributed by atoms with E-state index in [1.165, 1.54) is 11.8 Å². The molecule has 0 fully saturated rings. The molecule has 3 nitrogen and oxygen atoms in total. The van der Waals surface area contributed by atoms with E-state index in [0.717, 1.165) is 15.4 Å². The van der Waals surface area contributed by atoms with Crippen molar-refractivity contribution in [2.24, 2.45) is 4.99 Å². The van der Waals surface area contributed by atoms with Crippen molar-refractivity contribution in [3.05, 3.63) is 65.2 Å². The Morgan fingerprint density at radius 3 is 2.52 bits per heavy atom. The average molecular weight is 316 g/mol. The lowest BCUT2D eigenvalue weighted by molar-refractivity contribution is -0.129. The number of benzene rings is 2. The number of thioether (sulfide) groups is 1. The predicted molar refractivity (Wildman–Crippen MR) is 86.5 cm³/mol. The summed E-state index contributed by atoms with van der Waals surface area (Å²) in [6.45, 7) is 0. The van der Waals surface area contributed by atoms with Gasteiger partial charge in [-0.3, -0.25) is 0 Å². The van der Waals surface area contributed by atoms with E-state index in [2.05, 4.69) is 4.99 Å². The Morgan fingerprint density at radius 2 is 1.81 bits per heavy atom. The van der Waals surface area contributed by atoms with E-state index in [0.29, 0.717) is 10.7 Å². The van der Waals surface area contributed by atoms with Crippen LogP contribution in [0.4, 0.5) is 5.69 Å². The second-order valence-electron chi connectivity index (χ2n) is 4.39. The molecule has 3 rings (SSSR count). The second-order valence-corrected chi connectivity index (χ2v) is 5.91. The monoisotopic (exact) mass is 315 g/mol. The molecule has 0 aromatic heterocycles. The van der Waals surface area contributed by atoms with Gasteiger partial charge in [-0.1, -0.05) is 47.6 Å². The molecule has 0 saturated carbocycles. The number of aliphatic imine (C=N–C) groups is 1. The van der Waals surface area contributed by atoms with Gasteiger partial charge in [-0.05, 0) is 35.9 Å². The highest BCUT2D eigenvalue weighted by Crippen LogP contribution is 2.41. The van der Waals surface area contributed by atoms with Crippen LogP contribution in [0.3, 0.4) is 0 Å². The first-order valence-corrected chi connectivity index (χ1v) is 7.39. The zero-order valence-corrected chi connectivity index (χ0v) is 12.4. The number of rotatable bonds is 2. The fourth-order valence-electron chi connectivity index (χ4n) is 1.94. The molecule has 1 aliphatic heterocycles. The van der Waals surface area contributed by atoms with Gasteiger partial charge in [-0.15, -0.1) is 0 Å². The van der Waals surface area contributed by atoms with Gasteiger partial charge in [0.15, 0.2) is 0 Å². The van der Waals surface area contributed by atoms with Crippen LogP contribution in [-0.2, 0) is 4.79 Å². The highest BCUT2D eigenvalue weighted by atomic mass is 35.5. The molecular formula is C16H10ClNO2S. The van der Waals surface area contributed by atoms with Crippen molar-refractivity contribution >= 4 is 45.6 Å². The summed E-state index contributed by atoms with van der Waals surface area (Å²) in [6, 6.07) is 14.8. The quantitative estimate of drug-likeness (QED) is 0.878. The van der Waals surface area contributed by atoms with E-state index in [1.54, 1.807) is 18.2 Å². The third kappa shape index (κ3) is 3.01. The highest BCUT2D eigenvalue weighted by Gasteiger charge is 2.17. The summed E-state index contributed by atoms with van der Waals surface area (Å²) in [4.78, 5) is 17.3. The maximum absolute atomic E-state index is 11.3. The number of carboxylic acid groups (broad SMARTS) is 1. The molecular weight excluding hydrogens is 306 g/mol. The van der Waals surface area contributed by atoms with Crippen molar-refractivity contribution in [2.75, 3.05) is 0 Å². The fraction of sp³-hybridized carbons (Fsp3) is 0. The molecule has 5 heteroatoms. The Balaban J connectivity index is 2.12. The summed E-state index contributed by atoms with van der Waals surface area (Å²) >= 11 is 7.40. The van der Waals surface area contributed by atoms with E-state index >= 15 is 0 Å². The summed E-state index contributed by atoms with van der Waals surface area (Å²) in [5.74, 6) is -1.04. The third-order valence-electron chi connectivity index (χ3n) is 2.94. The van der Waals surface area contributed by atoms with Crippen LogP contribution in [0, 0.1) is 0 Å². The summed E-state index contributed by atoms with van der Waals surface area (Å²) in [5, 5.41) is 9.94. The Kier molecular flexibility index (Phi) is 3.82. The Morgan fingerprint density at radius 1 is 1.10 bits per heavy atom. The lowest BCUT2D eigenvalue weighted by Crippen LogP contribution is -2.09. The number of hydrogen-bond acceptors (Lipinski definition) is 3. The summed E-state index contributed by atoms with van der Waals surface area (Å²) in [6.07, 6.45) is 1.59. The molecule has 104 valence electrons.